The predicted molar refractivity (Wildman–Crippen MR) is 128 cm³/mol. The third-order valence-electron chi connectivity index (χ3n) is 6.22. The van der Waals surface area contributed by atoms with Gasteiger partial charge in [-0.2, -0.15) is 4.31 Å². The number of carbonyl (C=O) groups is 2. The highest BCUT2D eigenvalue weighted by molar-refractivity contribution is 8.00. The molecule has 0 aromatic heterocycles. The molecular formula is C24H28N2O5S2. The molecule has 7 nitrogen and oxygen atoms in total. The lowest BCUT2D eigenvalue weighted by Crippen LogP contribution is -2.45. The summed E-state index contributed by atoms with van der Waals surface area (Å²) in [7, 11) is -2.65. The minimum absolute atomic E-state index is 0.0194. The number of benzene rings is 2. The van der Waals surface area contributed by atoms with Crippen LogP contribution in [0.15, 0.2) is 58.3 Å². The Morgan fingerprint density at radius 2 is 1.64 bits per heavy atom. The van der Waals surface area contributed by atoms with E-state index in [1.807, 2.05) is 23.1 Å². The Morgan fingerprint density at radius 3 is 2.36 bits per heavy atom. The second-order valence-corrected chi connectivity index (χ2v) is 11.7. The first kappa shape index (κ1) is 23.8. The number of hydrogen-bond donors (Lipinski definition) is 0. The molecule has 9 heteroatoms. The molecule has 2 aromatic rings. The Morgan fingerprint density at radius 1 is 0.970 bits per heavy atom. The summed E-state index contributed by atoms with van der Waals surface area (Å²) in [5, 5.41) is 0.422. The number of carbonyl (C=O) groups excluding carboxylic acids is 2. The van der Waals surface area contributed by atoms with Crippen molar-refractivity contribution in [1.82, 2.24) is 4.31 Å². The summed E-state index contributed by atoms with van der Waals surface area (Å²) in [5.74, 6) is -0.867. The van der Waals surface area contributed by atoms with Gasteiger partial charge in [0.1, 0.15) is 0 Å². The van der Waals surface area contributed by atoms with Gasteiger partial charge in [0, 0.05) is 35.7 Å². The van der Waals surface area contributed by atoms with Crippen molar-refractivity contribution < 1.29 is 22.7 Å². The van der Waals surface area contributed by atoms with Gasteiger partial charge in [-0.1, -0.05) is 31.2 Å². The van der Waals surface area contributed by atoms with E-state index in [-0.39, 0.29) is 35.4 Å². The number of thioether (sulfide) groups is 1. The number of methoxy groups -OCH3 is 1. The molecule has 0 N–H and O–H groups in total. The second kappa shape index (κ2) is 9.87. The van der Waals surface area contributed by atoms with Crippen molar-refractivity contribution in [3.05, 3.63) is 54.1 Å². The van der Waals surface area contributed by atoms with E-state index in [0.29, 0.717) is 24.6 Å². The lowest BCUT2D eigenvalue weighted by molar-refractivity contribution is -0.123. The van der Waals surface area contributed by atoms with Gasteiger partial charge in [0.05, 0.1) is 23.3 Å². The number of ether oxygens (including phenoxy) is 1. The molecule has 0 aliphatic carbocycles. The van der Waals surface area contributed by atoms with Crippen molar-refractivity contribution in [2.24, 2.45) is 5.92 Å². The highest BCUT2D eigenvalue weighted by Gasteiger charge is 2.36. The summed E-state index contributed by atoms with van der Waals surface area (Å²) < 4.78 is 32.7. The molecule has 0 saturated carbocycles. The van der Waals surface area contributed by atoms with Crippen LogP contribution in [-0.2, 0) is 19.6 Å². The number of fused-ring (bicyclic) bond motifs is 1. The fourth-order valence-corrected chi connectivity index (χ4v) is 7.15. The van der Waals surface area contributed by atoms with E-state index >= 15 is 0 Å². The molecule has 1 fully saturated rings. The van der Waals surface area contributed by atoms with Crippen molar-refractivity contribution in [2.75, 3.05) is 31.6 Å². The fraction of sp³-hybridized carbons (Fsp3) is 0.417. The van der Waals surface area contributed by atoms with Gasteiger partial charge in [0.15, 0.2) is 0 Å². The lowest BCUT2D eigenvalue weighted by Gasteiger charge is -2.34. The van der Waals surface area contributed by atoms with Gasteiger partial charge >= 0.3 is 5.97 Å². The molecular weight excluding hydrogens is 460 g/mol. The van der Waals surface area contributed by atoms with Gasteiger partial charge in [-0.15, -0.1) is 11.8 Å². The molecule has 2 aromatic carbocycles. The number of anilines is 1. The van der Waals surface area contributed by atoms with E-state index in [1.165, 1.54) is 23.5 Å². The monoisotopic (exact) mass is 488 g/mol. The number of para-hydroxylation sites is 1. The molecule has 1 atom stereocenters. The van der Waals surface area contributed by atoms with Crippen LogP contribution in [-0.4, -0.2) is 56.6 Å². The summed E-state index contributed by atoms with van der Waals surface area (Å²) >= 11 is 1.79. The average molecular weight is 489 g/mol. The van der Waals surface area contributed by atoms with Crippen LogP contribution in [0, 0.1) is 5.92 Å². The average Bonchev–Trinajstić information content (AvgIpc) is 3.01. The van der Waals surface area contributed by atoms with Crippen molar-refractivity contribution in [2.45, 2.75) is 41.2 Å². The fourth-order valence-electron chi connectivity index (χ4n) is 4.39. The second-order valence-electron chi connectivity index (χ2n) is 8.34. The molecule has 33 heavy (non-hydrogen) atoms. The summed E-state index contributed by atoms with van der Waals surface area (Å²) in [6.07, 6.45) is 1.79. The van der Waals surface area contributed by atoms with Crippen molar-refractivity contribution in [3.8, 4) is 0 Å². The Balaban J connectivity index is 1.50. The van der Waals surface area contributed by atoms with Crippen LogP contribution in [0.2, 0.25) is 0 Å². The minimum atomic E-state index is -3.88. The van der Waals surface area contributed by atoms with Crippen LogP contribution in [0.25, 0.3) is 0 Å². The molecule has 2 aliphatic heterocycles. The summed E-state index contributed by atoms with van der Waals surface area (Å²) in [6.45, 7) is 3.30. The zero-order valence-corrected chi connectivity index (χ0v) is 20.4. The number of hydrogen-bond acceptors (Lipinski definition) is 6. The number of sulfonamides is 1. The van der Waals surface area contributed by atoms with Crippen molar-refractivity contribution in [3.63, 3.8) is 0 Å². The van der Waals surface area contributed by atoms with Gasteiger partial charge in [0.25, 0.3) is 0 Å². The molecule has 0 bridgehead atoms. The Hall–Kier alpha value is -2.36. The third-order valence-corrected chi connectivity index (χ3v) is 9.42. The first-order valence-electron chi connectivity index (χ1n) is 11.1. The molecule has 2 heterocycles. The zero-order chi connectivity index (χ0) is 23.6. The van der Waals surface area contributed by atoms with Crippen LogP contribution in [0.5, 0.6) is 0 Å². The van der Waals surface area contributed by atoms with Gasteiger partial charge < -0.3 is 9.64 Å². The first-order chi connectivity index (χ1) is 15.8. The van der Waals surface area contributed by atoms with Crippen LogP contribution in [0.4, 0.5) is 5.69 Å². The van der Waals surface area contributed by atoms with Gasteiger partial charge in [-0.3, -0.25) is 4.79 Å². The highest BCUT2D eigenvalue weighted by atomic mass is 32.2. The smallest absolute Gasteiger partial charge is 0.339 e. The maximum Gasteiger partial charge on any atom is 0.339 e. The van der Waals surface area contributed by atoms with Crippen LogP contribution < -0.4 is 4.90 Å². The van der Waals surface area contributed by atoms with Gasteiger partial charge in [-0.25, -0.2) is 13.2 Å². The number of nitrogens with zero attached hydrogens (tertiary/aromatic N) is 2. The van der Waals surface area contributed by atoms with E-state index in [1.54, 1.807) is 23.9 Å². The quantitative estimate of drug-likeness (QED) is 0.609. The lowest BCUT2D eigenvalue weighted by atomic mass is 9.96. The molecule has 4 rings (SSSR count). The van der Waals surface area contributed by atoms with Gasteiger partial charge in [-0.05, 0) is 43.5 Å². The van der Waals surface area contributed by atoms with Crippen molar-refractivity contribution in [1.29, 1.82) is 0 Å². The van der Waals surface area contributed by atoms with E-state index in [4.69, 9.17) is 4.74 Å². The summed E-state index contributed by atoms with van der Waals surface area (Å²) in [5.41, 5.74) is 0.963. The summed E-state index contributed by atoms with van der Waals surface area (Å²) in [4.78, 5) is 28.5. The number of esters is 1. The maximum absolute atomic E-state index is 13.5. The molecule has 0 spiro atoms. The standard InChI is InChI=1S/C24H28N2O5S2/c1-17-11-16-26(20-8-4-5-9-21(20)32-17)23(27)18-12-14-25(15-13-18)33(29,30)22-10-6-3-7-19(22)24(28)31-2/h3-10,17-18H,11-16H2,1-2H3/t17-/m0/s1. The molecule has 176 valence electrons. The SMILES string of the molecule is COC(=O)c1ccccc1S(=O)(=O)N1CCC(C(=O)N2CC[C@H](C)Sc3ccccc32)CC1. The molecule has 0 radical (unpaired) electrons. The van der Waals surface area contributed by atoms with E-state index in [0.717, 1.165) is 17.0 Å². The minimum Gasteiger partial charge on any atom is -0.465 e. The Kier molecular flexibility index (Phi) is 7.11. The van der Waals surface area contributed by atoms with Crippen LogP contribution in [0.1, 0.15) is 36.5 Å². The number of piperidine rings is 1. The molecule has 1 amide bonds. The zero-order valence-electron chi connectivity index (χ0n) is 18.8. The third kappa shape index (κ3) is 4.81. The Bertz CT molecular complexity index is 1140. The first-order valence-corrected chi connectivity index (χ1v) is 13.4. The molecule has 2 aliphatic rings. The Labute approximate surface area is 199 Å². The predicted octanol–water partition coefficient (Wildman–Crippen LogP) is 3.79. The maximum atomic E-state index is 13.5. The van der Waals surface area contributed by atoms with Crippen LogP contribution >= 0.6 is 11.8 Å². The van der Waals surface area contributed by atoms with E-state index in [2.05, 4.69) is 13.0 Å². The van der Waals surface area contributed by atoms with Gasteiger partial charge in [0.2, 0.25) is 15.9 Å². The summed E-state index contributed by atoms with van der Waals surface area (Å²) in [6, 6.07) is 14.0. The van der Waals surface area contributed by atoms with E-state index < -0.39 is 16.0 Å². The topological polar surface area (TPSA) is 84.0 Å². The van der Waals surface area contributed by atoms with Crippen LogP contribution in [0.3, 0.4) is 0 Å². The highest BCUT2D eigenvalue weighted by Crippen LogP contribution is 2.38. The molecule has 0 unspecified atom stereocenters. The number of amides is 1. The van der Waals surface area contributed by atoms with E-state index in [9.17, 15) is 18.0 Å². The normalized spacial score (nSPS) is 20.1. The largest absolute Gasteiger partial charge is 0.465 e. The number of rotatable bonds is 4. The molecule has 1 saturated heterocycles. The van der Waals surface area contributed by atoms with Crippen molar-refractivity contribution >= 4 is 39.3 Å².